The van der Waals surface area contributed by atoms with Gasteiger partial charge in [0.15, 0.2) is 0 Å². The zero-order valence-electron chi connectivity index (χ0n) is 32.0. The van der Waals surface area contributed by atoms with Crippen LogP contribution in [0.15, 0.2) is 200 Å². The summed E-state index contributed by atoms with van der Waals surface area (Å²) >= 11 is 0. The summed E-state index contributed by atoms with van der Waals surface area (Å²) in [6.07, 6.45) is 0. The maximum absolute atomic E-state index is 2.52. The monoisotopic (exact) mass is 725 g/mol. The first kappa shape index (κ1) is 32.3. The minimum atomic E-state index is -0.478. The quantitative estimate of drug-likeness (QED) is 0.175. The van der Waals surface area contributed by atoms with Gasteiger partial charge in [-0.05, 0) is 125 Å². The summed E-state index contributed by atoms with van der Waals surface area (Å²) in [6.45, 7) is 4.75. The molecule has 1 nitrogen and oxygen atoms in total. The fourth-order valence-corrected chi connectivity index (χ4v) is 10.8. The van der Waals surface area contributed by atoms with Crippen LogP contribution in [0.3, 0.4) is 0 Å². The van der Waals surface area contributed by atoms with Crippen LogP contribution >= 0.6 is 0 Å². The van der Waals surface area contributed by atoms with E-state index in [0.717, 1.165) is 17.1 Å². The molecule has 9 aromatic rings. The third-order valence-electron chi connectivity index (χ3n) is 13.2. The first-order valence-electron chi connectivity index (χ1n) is 20.1. The van der Waals surface area contributed by atoms with E-state index in [0.29, 0.717) is 0 Å². The third kappa shape index (κ3) is 4.34. The van der Waals surface area contributed by atoms with Crippen molar-refractivity contribution >= 4 is 27.8 Å². The van der Waals surface area contributed by atoms with E-state index in [-0.39, 0.29) is 5.41 Å². The number of nitrogens with zero attached hydrogens (tertiary/aromatic N) is 1. The number of rotatable bonds is 4. The Kier molecular flexibility index (Phi) is 6.67. The van der Waals surface area contributed by atoms with Gasteiger partial charge in [0.1, 0.15) is 0 Å². The average Bonchev–Trinajstić information content (AvgIpc) is 3.82. The van der Waals surface area contributed by atoms with Crippen molar-refractivity contribution in [1.82, 2.24) is 0 Å². The molecule has 0 unspecified atom stereocenters. The fourth-order valence-electron chi connectivity index (χ4n) is 10.8. The zero-order valence-corrected chi connectivity index (χ0v) is 32.0. The Morgan fingerprint density at radius 1 is 0.333 bits per heavy atom. The van der Waals surface area contributed by atoms with Gasteiger partial charge in [0.2, 0.25) is 0 Å². The lowest BCUT2D eigenvalue weighted by atomic mass is 9.69. The lowest BCUT2D eigenvalue weighted by Crippen LogP contribution is -2.26. The number of hydrogen-bond acceptors (Lipinski definition) is 1. The van der Waals surface area contributed by atoms with E-state index in [1.54, 1.807) is 0 Å². The van der Waals surface area contributed by atoms with Gasteiger partial charge >= 0.3 is 0 Å². The molecule has 0 heterocycles. The van der Waals surface area contributed by atoms with Crippen LogP contribution in [0.2, 0.25) is 0 Å². The second-order valence-electron chi connectivity index (χ2n) is 16.4. The number of hydrogen-bond donors (Lipinski definition) is 0. The Morgan fingerprint density at radius 3 is 1.56 bits per heavy atom. The van der Waals surface area contributed by atoms with Gasteiger partial charge in [0.05, 0.1) is 5.41 Å². The first-order chi connectivity index (χ1) is 28.0. The molecule has 9 aromatic carbocycles. The standard InChI is InChI=1S/C56H39N/c1-55(2)49-24-11-8-21-43(49)46-31-28-40(34-52(46)55)57(39-19-14-18-38(33-39)36-15-4-3-5-16-36)41-29-32-47-48-30-27-37-17-6-7-20-42(37)54(48)56(53(47)35-41)50-25-12-9-22-44(50)45-23-10-13-26-51(45)56/h3-35H,1-2H3. The molecule has 0 aromatic heterocycles. The van der Waals surface area contributed by atoms with E-state index in [4.69, 9.17) is 0 Å². The zero-order chi connectivity index (χ0) is 37.9. The average molecular weight is 726 g/mol. The van der Waals surface area contributed by atoms with E-state index >= 15 is 0 Å². The van der Waals surface area contributed by atoms with Gasteiger partial charge in [0.25, 0.3) is 0 Å². The normalized spacial score (nSPS) is 14.4. The topological polar surface area (TPSA) is 3.24 Å². The van der Waals surface area contributed by atoms with Crippen molar-refractivity contribution in [2.24, 2.45) is 0 Å². The molecule has 0 aliphatic heterocycles. The van der Waals surface area contributed by atoms with E-state index in [1.165, 1.54) is 88.7 Å². The molecule has 3 aliphatic carbocycles. The molecular weight excluding hydrogens is 687 g/mol. The van der Waals surface area contributed by atoms with Gasteiger partial charge in [0, 0.05) is 22.5 Å². The molecule has 0 atom stereocenters. The predicted octanol–water partition coefficient (Wildman–Crippen LogP) is 14.6. The van der Waals surface area contributed by atoms with Crippen LogP contribution in [-0.4, -0.2) is 0 Å². The SMILES string of the molecule is CC1(C)c2ccccc2-c2ccc(N(c3cccc(-c4ccccc4)c3)c3ccc4c(c3)C3(c5ccccc5-c5ccccc53)c3c-4ccc4ccccc34)cc21. The molecule has 0 saturated carbocycles. The maximum Gasteiger partial charge on any atom is 0.0732 e. The van der Waals surface area contributed by atoms with Gasteiger partial charge < -0.3 is 4.90 Å². The van der Waals surface area contributed by atoms with Crippen molar-refractivity contribution < 1.29 is 0 Å². The summed E-state index contributed by atoms with van der Waals surface area (Å²) in [5.74, 6) is 0. The molecule has 1 spiro atoms. The minimum Gasteiger partial charge on any atom is -0.310 e. The molecule has 0 fully saturated rings. The molecule has 0 bridgehead atoms. The van der Waals surface area contributed by atoms with Crippen LogP contribution in [-0.2, 0) is 10.8 Å². The highest BCUT2D eigenvalue weighted by molar-refractivity contribution is 6.04. The lowest BCUT2D eigenvalue weighted by Gasteiger charge is -2.33. The Balaban J connectivity index is 1.14. The highest BCUT2D eigenvalue weighted by Gasteiger charge is 2.52. The van der Waals surface area contributed by atoms with E-state index < -0.39 is 5.41 Å². The molecule has 0 saturated heterocycles. The summed E-state index contributed by atoms with van der Waals surface area (Å²) in [7, 11) is 0. The van der Waals surface area contributed by atoms with Gasteiger partial charge in [-0.15, -0.1) is 0 Å². The van der Waals surface area contributed by atoms with Crippen molar-refractivity contribution in [3.05, 3.63) is 234 Å². The van der Waals surface area contributed by atoms with Crippen molar-refractivity contribution in [3.63, 3.8) is 0 Å². The predicted molar refractivity (Wildman–Crippen MR) is 238 cm³/mol. The van der Waals surface area contributed by atoms with Crippen LogP contribution in [0, 0.1) is 0 Å². The van der Waals surface area contributed by atoms with Crippen molar-refractivity contribution in [1.29, 1.82) is 0 Å². The van der Waals surface area contributed by atoms with Gasteiger partial charge in [-0.3, -0.25) is 0 Å². The van der Waals surface area contributed by atoms with Crippen molar-refractivity contribution in [3.8, 4) is 44.5 Å². The molecule has 0 N–H and O–H groups in total. The van der Waals surface area contributed by atoms with Crippen LogP contribution in [0.25, 0.3) is 55.3 Å². The Labute approximate surface area is 334 Å². The van der Waals surface area contributed by atoms with Gasteiger partial charge in [-0.25, -0.2) is 0 Å². The Morgan fingerprint density at radius 2 is 0.842 bits per heavy atom. The fraction of sp³-hybridized carbons (Fsp3) is 0.0714. The van der Waals surface area contributed by atoms with E-state index in [1.807, 2.05) is 0 Å². The summed E-state index contributed by atoms with van der Waals surface area (Å²) < 4.78 is 0. The molecule has 57 heavy (non-hydrogen) atoms. The molecule has 3 aliphatic rings. The number of fused-ring (bicyclic) bond motifs is 15. The molecule has 0 radical (unpaired) electrons. The van der Waals surface area contributed by atoms with Crippen molar-refractivity contribution in [2.75, 3.05) is 4.90 Å². The van der Waals surface area contributed by atoms with Crippen molar-refractivity contribution in [2.45, 2.75) is 24.7 Å². The summed E-state index contributed by atoms with van der Waals surface area (Å²) in [6, 6.07) is 75.0. The molecule has 0 amide bonds. The van der Waals surface area contributed by atoms with Crippen LogP contribution < -0.4 is 4.90 Å². The third-order valence-corrected chi connectivity index (χ3v) is 13.2. The number of anilines is 3. The van der Waals surface area contributed by atoms with E-state index in [9.17, 15) is 0 Å². The molecular formula is C56H39N. The molecule has 268 valence electrons. The summed E-state index contributed by atoms with van der Waals surface area (Å²) in [5, 5.41) is 2.58. The number of benzene rings is 9. The van der Waals surface area contributed by atoms with Gasteiger partial charge in [-0.1, -0.05) is 178 Å². The summed E-state index contributed by atoms with van der Waals surface area (Å²) in [5.41, 5.74) is 21.3. The maximum atomic E-state index is 2.52. The Hall–Kier alpha value is -6.96. The Bertz CT molecular complexity index is 3070. The van der Waals surface area contributed by atoms with Crippen LogP contribution in [0.4, 0.5) is 17.1 Å². The second kappa shape index (κ2) is 11.8. The largest absolute Gasteiger partial charge is 0.310 e. The first-order valence-corrected chi connectivity index (χ1v) is 20.1. The highest BCUT2D eigenvalue weighted by atomic mass is 15.1. The summed E-state index contributed by atoms with van der Waals surface area (Å²) in [4.78, 5) is 2.49. The molecule has 12 rings (SSSR count). The van der Waals surface area contributed by atoms with Crippen LogP contribution in [0.1, 0.15) is 47.2 Å². The minimum absolute atomic E-state index is 0.124. The van der Waals surface area contributed by atoms with Crippen LogP contribution in [0.5, 0.6) is 0 Å². The lowest BCUT2D eigenvalue weighted by molar-refractivity contribution is 0.660. The molecule has 1 heteroatoms. The smallest absolute Gasteiger partial charge is 0.0732 e. The highest BCUT2D eigenvalue weighted by Crippen LogP contribution is 2.64. The second-order valence-corrected chi connectivity index (χ2v) is 16.4. The van der Waals surface area contributed by atoms with E-state index in [2.05, 4.69) is 219 Å². The van der Waals surface area contributed by atoms with Gasteiger partial charge in [-0.2, -0.15) is 0 Å².